The SMILES string of the molecule is Nn1cnc(-c2ccccc2)c1. The third kappa shape index (κ3) is 1.16. The molecule has 0 atom stereocenters. The van der Waals surface area contributed by atoms with E-state index >= 15 is 0 Å². The molecular weight excluding hydrogens is 150 g/mol. The first-order chi connectivity index (χ1) is 5.86. The number of nitrogens with zero attached hydrogens (tertiary/aromatic N) is 2. The van der Waals surface area contributed by atoms with Gasteiger partial charge in [-0.1, -0.05) is 30.3 Å². The van der Waals surface area contributed by atoms with Crippen LogP contribution in [-0.2, 0) is 0 Å². The van der Waals surface area contributed by atoms with Crippen LogP contribution >= 0.6 is 0 Å². The van der Waals surface area contributed by atoms with Gasteiger partial charge in [-0.25, -0.2) is 4.98 Å². The minimum absolute atomic E-state index is 0.901. The van der Waals surface area contributed by atoms with Gasteiger partial charge in [-0.2, -0.15) is 0 Å². The maximum Gasteiger partial charge on any atom is 0.114 e. The summed E-state index contributed by atoms with van der Waals surface area (Å²) in [5, 5.41) is 0. The van der Waals surface area contributed by atoms with Gasteiger partial charge >= 0.3 is 0 Å². The maximum atomic E-state index is 5.47. The van der Waals surface area contributed by atoms with Crippen LogP contribution in [-0.4, -0.2) is 9.66 Å². The highest BCUT2D eigenvalue weighted by Crippen LogP contribution is 2.14. The van der Waals surface area contributed by atoms with Crippen molar-refractivity contribution in [1.82, 2.24) is 9.66 Å². The van der Waals surface area contributed by atoms with Crippen LogP contribution in [0.2, 0.25) is 0 Å². The smallest absolute Gasteiger partial charge is 0.114 e. The number of nitrogen functional groups attached to an aromatic ring is 1. The van der Waals surface area contributed by atoms with E-state index in [1.807, 2.05) is 30.3 Å². The van der Waals surface area contributed by atoms with Crippen molar-refractivity contribution in [2.45, 2.75) is 0 Å². The fraction of sp³-hybridized carbons (Fsp3) is 0. The van der Waals surface area contributed by atoms with Crippen molar-refractivity contribution in [1.29, 1.82) is 0 Å². The van der Waals surface area contributed by atoms with Gasteiger partial charge in [0.15, 0.2) is 0 Å². The Hall–Kier alpha value is -1.77. The van der Waals surface area contributed by atoms with Crippen molar-refractivity contribution < 1.29 is 0 Å². The Balaban J connectivity index is 2.45. The number of hydrogen-bond acceptors (Lipinski definition) is 2. The van der Waals surface area contributed by atoms with Crippen molar-refractivity contribution in [3.8, 4) is 11.3 Å². The quantitative estimate of drug-likeness (QED) is 0.636. The molecule has 0 spiro atoms. The van der Waals surface area contributed by atoms with Crippen molar-refractivity contribution in [3.63, 3.8) is 0 Å². The lowest BCUT2D eigenvalue weighted by Crippen LogP contribution is -2.02. The van der Waals surface area contributed by atoms with Crippen LogP contribution in [0.5, 0.6) is 0 Å². The average molecular weight is 159 g/mol. The van der Waals surface area contributed by atoms with E-state index < -0.39 is 0 Å². The highest BCUT2D eigenvalue weighted by Gasteiger charge is 1.97. The maximum absolute atomic E-state index is 5.47. The standard InChI is InChI=1S/C9H9N3/c10-12-6-9(11-7-12)8-4-2-1-3-5-8/h1-7H,10H2. The Bertz CT molecular complexity index is 364. The second-order valence-corrected chi connectivity index (χ2v) is 2.57. The third-order valence-electron chi connectivity index (χ3n) is 1.67. The molecule has 0 fully saturated rings. The topological polar surface area (TPSA) is 43.8 Å². The largest absolute Gasteiger partial charge is 0.338 e. The van der Waals surface area contributed by atoms with E-state index in [-0.39, 0.29) is 0 Å². The molecular formula is C9H9N3. The van der Waals surface area contributed by atoms with E-state index in [0.29, 0.717) is 0 Å². The van der Waals surface area contributed by atoms with Crippen LogP contribution in [0.4, 0.5) is 0 Å². The number of aromatic nitrogens is 2. The molecule has 0 radical (unpaired) electrons. The van der Waals surface area contributed by atoms with E-state index in [2.05, 4.69) is 4.98 Å². The number of rotatable bonds is 1. The van der Waals surface area contributed by atoms with Gasteiger partial charge in [-0.3, -0.25) is 4.68 Å². The van der Waals surface area contributed by atoms with Gasteiger partial charge < -0.3 is 5.84 Å². The molecule has 2 aromatic rings. The molecule has 0 unspecified atom stereocenters. The Labute approximate surface area is 70.4 Å². The van der Waals surface area contributed by atoms with Crippen LogP contribution in [0.1, 0.15) is 0 Å². The Kier molecular flexibility index (Phi) is 1.55. The van der Waals surface area contributed by atoms with E-state index in [9.17, 15) is 0 Å². The van der Waals surface area contributed by atoms with Crippen LogP contribution in [0.3, 0.4) is 0 Å². The lowest BCUT2D eigenvalue weighted by Gasteiger charge is -1.92. The highest BCUT2D eigenvalue weighted by molar-refractivity contribution is 5.57. The predicted octanol–water partition coefficient (Wildman–Crippen LogP) is 1.26. The normalized spacial score (nSPS) is 10.0. The van der Waals surface area contributed by atoms with Crippen LogP contribution in [0, 0.1) is 0 Å². The lowest BCUT2D eigenvalue weighted by atomic mass is 10.2. The Morgan fingerprint density at radius 3 is 2.50 bits per heavy atom. The molecule has 0 amide bonds. The van der Waals surface area contributed by atoms with E-state index in [1.54, 1.807) is 12.5 Å². The molecule has 1 aromatic heterocycles. The number of benzene rings is 1. The van der Waals surface area contributed by atoms with Crippen LogP contribution < -0.4 is 5.84 Å². The molecule has 0 saturated carbocycles. The predicted molar refractivity (Wildman–Crippen MR) is 47.8 cm³/mol. The first-order valence-corrected chi connectivity index (χ1v) is 3.71. The number of imidazole rings is 1. The summed E-state index contributed by atoms with van der Waals surface area (Å²) in [5.41, 5.74) is 1.99. The molecule has 0 aliphatic heterocycles. The van der Waals surface area contributed by atoms with Gasteiger partial charge in [0.25, 0.3) is 0 Å². The summed E-state index contributed by atoms with van der Waals surface area (Å²) in [6.45, 7) is 0. The van der Waals surface area contributed by atoms with E-state index in [4.69, 9.17) is 5.84 Å². The Morgan fingerprint density at radius 1 is 1.17 bits per heavy atom. The van der Waals surface area contributed by atoms with Crippen molar-refractivity contribution in [3.05, 3.63) is 42.9 Å². The van der Waals surface area contributed by atoms with E-state index in [1.165, 1.54) is 4.68 Å². The number of nitrogens with two attached hydrogens (primary N) is 1. The summed E-state index contributed by atoms with van der Waals surface area (Å²) in [5.74, 6) is 5.47. The van der Waals surface area contributed by atoms with Crippen LogP contribution in [0.15, 0.2) is 42.9 Å². The Morgan fingerprint density at radius 2 is 1.92 bits per heavy atom. The molecule has 0 saturated heterocycles. The molecule has 1 heterocycles. The summed E-state index contributed by atoms with van der Waals surface area (Å²) < 4.78 is 1.45. The molecule has 2 N–H and O–H groups in total. The van der Waals surface area contributed by atoms with Gasteiger partial charge in [-0.05, 0) is 0 Å². The monoisotopic (exact) mass is 159 g/mol. The summed E-state index contributed by atoms with van der Waals surface area (Å²) in [7, 11) is 0. The molecule has 2 rings (SSSR count). The first kappa shape index (κ1) is 6.91. The van der Waals surface area contributed by atoms with Gasteiger partial charge in [0.05, 0.1) is 11.9 Å². The molecule has 3 heteroatoms. The fourth-order valence-electron chi connectivity index (χ4n) is 1.09. The zero-order valence-electron chi connectivity index (χ0n) is 6.51. The summed E-state index contributed by atoms with van der Waals surface area (Å²) in [6.07, 6.45) is 3.37. The second kappa shape index (κ2) is 2.70. The summed E-state index contributed by atoms with van der Waals surface area (Å²) in [4.78, 5) is 4.12. The zero-order valence-corrected chi connectivity index (χ0v) is 6.51. The molecule has 3 nitrogen and oxygen atoms in total. The van der Waals surface area contributed by atoms with E-state index in [0.717, 1.165) is 11.3 Å². The average Bonchev–Trinajstić information content (AvgIpc) is 2.54. The number of hydrogen-bond donors (Lipinski definition) is 1. The minimum atomic E-state index is 0.901. The van der Waals surface area contributed by atoms with Crippen molar-refractivity contribution in [2.24, 2.45) is 0 Å². The second-order valence-electron chi connectivity index (χ2n) is 2.57. The molecule has 0 aliphatic rings. The summed E-state index contributed by atoms with van der Waals surface area (Å²) in [6, 6.07) is 9.93. The summed E-state index contributed by atoms with van der Waals surface area (Å²) >= 11 is 0. The molecule has 0 aliphatic carbocycles. The molecule has 60 valence electrons. The van der Waals surface area contributed by atoms with Crippen molar-refractivity contribution >= 4 is 0 Å². The third-order valence-corrected chi connectivity index (χ3v) is 1.67. The van der Waals surface area contributed by atoms with Gasteiger partial charge in [0.2, 0.25) is 0 Å². The van der Waals surface area contributed by atoms with Gasteiger partial charge in [0, 0.05) is 5.56 Å². The highest BCUT2D eigenvalue weighted by atomic mass is 15.3. The lowest BCUT2D eigenvalue weighted by molar-refractivity contribution is 1.00. The molecule has 12 heavy (non-hydrogen) atoms. The van der Waals surface area contributed by atoms with Gasteiger partial charge in [-0.15, -0.1) is 0 Å². The molecule has 0 bridgehead atoms. The van der Waals surface area contributed by atoms with Gasteiger partial charge in [0.1, 0.15) is 6.33 Å². The zero-order chi connectivity index (χ0) is 8.39. The first-order valence-electron chi connectivity index (χ1n) is 3.71. The fourth-order valence-corrected chi connectivity index (χ4v) is 1.09. The van der Waals surface area contributed by atoms with Crippen LogP contribution in [0.25, 0.3) is 11.3 Å². The minimum Gasteiger partial charge on any atom is -0.338 e. The molecule has 1 aromatic carbocycles. The van der Waals surface area contributed by atoms with Crippen molar-refractivity contribution in [2.75, 3.05) is 5.84 Å².